The fourth-order valence-electron chi connectivity index (χ4n) is 1.62. The Bertz CT molecular complexity index is 509. The molecular weight excluding hydrogens is 306 g/mol. The Morgan fingerprint density at radius 3 is 2.45 bits per heavy atom. The van der Waals surface area contributed by atoms with Crippen LogP contribution in [0.25, 0.3) is 0 Å². The standard InChI is InChI=1S/C14H15ClF2O2S/c1-3-4-5-12(13(18)14(15,16)17)20(19)11-8-6-10(2)7-9-11/h3,6-9,12H,1,4-5H2,2H3. The molecule has 0 saturated carbocycles. The summed E-state index contributed by atoms with van der Waals surface area (Å²) in [5.41, 5.74) is 0.947. The van der Waals surface area contributed by atoms with Crippen LogP contribution in [0.2, 0.25) is 0 Å². The molecule has 0 aliphatic carbocycles. The highest BCUT2D eigenvalue weighted by Crippen LogP contribution is 2.27. The number of carbonyl (C=O) groups is 1. The monoisotopic (exact) mass is 320 g/mol. The van der Waals surface area contributed by atoms with E-state index in [-0.39, 0.29) is 6.42 Å². The topological polar surface area (TPSA) is 34.1 Å². The lowest BCUT2D eigenvalue weighted by Crippen LogP contribution is -2.36. The van der Waals surface area contributed by atoms with Crippen molar-refractivity contribution >= 4 is 28.2 Å². The number of alkyl halides is 3. The number of allylic oxidation sites excluding steroid dienone is 1. The van der Waals surface area contributed by atoms with Crippen LogP contribution >= 0.6 is 11.6 Å². The third-order valence-electron chi connectivity index (χ3n) is 2.72. The second-order valence-corrected chi connectivity index (χ2v) is 6.44. The summed E-state index contributed by atoms with van der Waals surface area (Å²) in [6.45, 7) is 5.31. The first-order valence-corrected chi connectivity index (χ1v) is 7.55. The lowest BCUT2D eigenvalue weighted by molar-refractivity contribution is -0.132. The van der Waals surface area contributed by atoms with E-state index >= 15 is 0 Å². The number of hydrogen-bond acceptors (Lipinski definition) is 2. The van der Waals surface area contributed by atoms with Crippen LogP contribution in [-0.2, 0) is 15.6 Å². The summed E-state index contributed by atoms with van der Waals surface area (Å²) in [6.07, 6.45) is 1.81. The second-order valence-electron chi connectivity index (χ2n) is 4.33. The third-order valence-corrected chi connectivity index (χ3v) is 4.61. The van der Waals surface area contributed by atoms with Gasteiger partial charge in [0.25, 0.3) is 0 Å². The van der Waals surface area contributed by atoms with Gasteiger partial charge >= 0.3 is 5.38 Å². The van der Waals surface area contributed by atoms with Crippen molar-refractivity contribution in [2.75, 3.05) is 0 Å². The Balaban J connectivity index is 3.04. The van der Waals surface area contributed by atoms with Gasteiger partial charge in [-0.1, -0.05) is 23.8 Å². The van der Waals surface area contributed by atoms with Crippen molar-refractivity contribution in [3.8, 4) is 0 Å². The van der Waals surface area contributed by atoms with Crippen molar-refractivity contribution in [3.63, 3.8) is 0 Å². The molecule has 2 nitrogen and oxygen atoms in total. The van der Waals surface area contributed by atoms with E-state index < -0.39 is 27.2 Å². The average molecular weight is 321 g/mol. The molecule has 0 spiro atoms. The molecule has 1 aromatic rings. The van der Waals surface area contributed by atoms with Gasteiger partial charge in [-0.2, -0.15) is 8.78 Å². The van der Waals surface area contributed by atoms with Gasteiger partial charge in [0.2, 0.25) is 5.78 Å². The minimum absolute atomic E-state index is 0.0190. The van der Waals surface area contributed by atoms with E-state index in [0.717, 1.165) is 5.56 Å². The number of Topliss-reactive ketones (excluding diaryl/α,β-unsaturated/α-hetero) is 1. The molecule has 110 valence electrons. The van der Waals surface area contributed by atoms with Gasteiger partial charge in [0.05, 0.1) is 10.8 Å². The van der Waals surface area contributed by atoms with Crippen LogP contribution in [-0.4, -0.2) is 20.6 Å². The number of aryl methyl sites for hydroxylation is 1. The predicted molar refractivity (Wildman–Crippen MR) is 76.6 cm³/mol. The van der Waals surface area contributed by atoms with Crippen molar-refractivity contribution in [2.24, 2.45) is 0 Å². The molecule has 0 amide bonds. The minimum atomic E-state index is -4.01. The van der Waals surface area contributed by atoms with Crippen molar-refractivity contribution in [1.29, 1.82) is 0 Å². The first-order valence-electron chi connectivity index (χ1n) is 5.96. The van der Waals surface area contributed by atoms with Gasteiger partial charge in [0.15, 0.2) is 0 Å². The molecule has 0 N–H and O–H groups in total. The molecule has 0 bridgehead atoms. The number of rotatable bonds is 7. The van der Waals surface area contributed by atoms with E-state index in [1.165, 1.54) is 6.08 Å². The van der Waals surface area contributed by atoms with Crippen molar-refractivity contribution < 1.29 is 17.8 Å². The lowest BCUT2D eigenvalue weighted by atomic mass is 10.1. The molecule has 2 atom stereocenters. The number of halogens is 3. The van der Waals surface area contributed by atoms with E-state index in [0.29, 0.717) is 11.3 Å². The van der Waals surface area contributed by atoms with E-state index in [1.807, 2.05) is 6.92 Å². The summed E-state index contributed by atoms with van der Waals surface area (Å²) in [7, 11) is -1.87. The van der Waals surface area contributed by atoms with Crippen LogP contribution in [0.1, 0.15) is 18.4 Å². The maximum absolute atomic E-state index is 13.0. The number of benzene rings is 1. The average Bonchev–Trinajstić information content (AvgIpc) is 2.38. The van der Waals surface area contributed by atoms with Crippen LogP contribution in [0.3, 0.4) is 0 Å². The van der Waals surface area contributed by atoms with Gasteiger partial charge in [0, 0.05) is 4.90 Å². The first kappa shape index (κ1) is 17.0. The van der Waals surface area contributed by atoms with E-state index in [4.69, 9.17) is 11.6 Å². The highest BCUT2D eigenvalue weighted by atomic mass is 35.5. The Kier molecular flexibility index (Phi) is 6.02. The van der Waals surface area contributed by atoms with Crippen molar-refractivity contribution in [1.82, 2.24) is 0 Å². The fourth-order valence-corrected chi connectivity index (χ4v) is 3.25. The first-order chi connectivity index (χ1) is 9.27. The summed E-state index contributed by atoms with van der Waals surface area (Å²) in [6, 6.07) is 6.54. The SMILES string of the molecule is C=CCCC(C(=O)C(F)(F)Cl)S(=O)c1ccc(C)cc1. The maximum Gasteiger partial charge on any atom is 0.381 e. The van der Waals surface area contributed by atoms with Gasteiger partial charge in [-0.15, -0.1) is 6.58 Å². The van der Waals surface area contributed by atoms with Crippen molar-refractivity contribution in [2.45, 2.75) is 35.3 Å². The fraction of sp³-hybridized carbons (Fsp3) is 0.357. The molecule has 0 aliphatic rings. The molecule has 0 aliphatic heterocycles. The highest BCUT2D eigenvalue weighted by molar-refractivity contribution is 7.86. The van der Waals surface area contributed by atoms with Gasteiger partial charge < -0.3 is 0 Å². The maximum atomic E-state index is 13.0. The molecule has 0 saturated heterocycles. The van der Waals surface area contributed by atoms with E-state index in [2.05, 4.69) is 6.58 Å². The Morgan fingerprint density at radius 1 is 1.45 bits per heavy atom. The zero-order valence-electron chi connectivity index (χ0n) is 10.9. The molecule has 2 unspecified atom stereocenters. The molecular formula is C14H15ClF2O2S. The molecule has 0 heterocycles. The molecule has 1 rings (SSSR count). The second kappa shape index (κ2) is 7.09. The highest BCUT2D eigenvalue weighted by Gasteiger charge is 2.43. The molecule has 6 heteroatoms. The largest absolute Gasteiger partial charge is 0.381 e. The Hall–Kier alpha value is -1.07. The van der Waals surface area contributed by atoms with Gasteiger partial charge in [-0.25, -0.2) is 0 Å². The van der Waals surface area contributed by atoms with Crippen LogP contribution in [0.4, 0.5) is 8.78 Å². The zero-order valence-corrected chi connectivity index (χ0v) is 12.5. The van der Waals surface area contributed by atoms with Crippen LogP contribution in [0, 0.1) is 6.92 Å². The molecule has 0 radical (unpaired) electrons. The third kappa shape index (κ3) is 4.49. The molecule has 0 fully saturated rings. The lowest BCUT2D eigenvalue weighted by Gasteiger charge is -2.17. The molecule has 20 heavy (non-hydrogen) atoms. The summed E-state index contributed by atoms with van der Waals surface area (Å²) in [5, 5.41) is -5.35. The molecule has 1 aromatic carbocycles. The summed E-state index contributed by atoms with van der Waals surface area (Å²) in [4.78, 5) is 12.0. The van der Waals surface area contributed by atoms with Crippen LogP contribution < -0.4 is 0 Å². The van der Waals surface area contributed by atoms with E-state index in [1.54, 1.807) is 24.3 Å². The quantitative estimate of drug-likeness (QED) is 0.565. The van der Waals surface area contributed by atoms with E-state index in [9.17, 15) is 17.8 Å². The van der Waals surface area contributed by atoms with Crippen LogP contribution in [0.5, 0.6) is 0 Å². The minimum Gasteiger partial charge on any atom is -0.290 e. The summed E-state index contributed by atoms with van der Waals surface area (Å²) in [5.74, 6) is -1.51. The predicted octanol–water partition coefficient (Wildman–Crippen LogP) is 3.84. The summed E-state index contributed by atoms with van der Waals surface area (Å²) >= 11 is 4.77. The molecule has 0 aromatic heterocycles. The Morgan fingerprint density at radius 2 is 2.00 bits per heavy atom. The van der Waals surface area contributed by atoms with Gasteiger partial charge in [0.1, 0.15) is 5.25 Å². The number of carbonyl (C=O) groups excluding carboxylic acids is 1. The Labute approximate surface area is 124 Å². The van der Waals surface area contributed by atoms with Gasteiger partial charge in [-0.3, -0.25) is 9.00 Å². The zero-order chi connectivity index (χ0) is 15.3. The smallest absolute Gasteiger partial charge is 0.290 e. The number of hydrogen-bond donors (Lipinski definition) is 0. The summed E-state index contributed by atoms with van der Waals surface area (Å²) < 4.78 is 38.3. The van der Waals surface area contributed by atoms with Crippen molar-refractivity contribution in [3.05, 3.63) is 42.5 Å². The van der Waals surface area contributed by atoms with Crippen LogP contribution in [0.15, 0.2) is 41.8 Å². The number of ketones is 1. The normalized spacial score (nSPS) is 14.6. The van der Waals surface area contributed by atoms with Gasteiger partial charge in [-0.05, 0) is 43.5 Å².